The van der Waals surface area contributed by atoms with Crippen molar-refractivity contribution in [2.75, 3.05) is 20.5 Å². The molecule has 1 aliphatic carbocycles. The smallest absolute Gasteiger partial charge is 0.231 e. The standard InChI is InChI=1S/C15H21NO4/c1-3-18-14-7-11(15(14)17-2)16-8-10-4-5-12-13(6-10)20-9-19-12/h4-6,11,14-16H,3,7-9H2,1-2H3. The molecule has 0 aromatic heterocycles. The molecule has 1 aromatic rings. The minimum absolute atomic E-state index is 0.143. The lowest BCUT2D eigenvalue weighted by Gasteiger charge is -2.43. The Kier molecular flexibility index (Phi) is 4.10. The second-order valence-electron chi connectivity index (χ2n) is 5.10. The summed E-state index contributed by atoms with van der Waals surface area (Å²) in [5, 5.41) is 3.51. The third-order valence-corrected chi connectivity index (χ3v) is 3.91. The third-order valence-electron chi connectivity index (χ3n) is 3.91. The predicted octanol–water partition coefficient (Wildman–Crippen LogP) is 1.70. The van der Waals surface area contributed by atoms with Crippen molar-refractivity contribution in [2.24, 2.45) is 0 Å². The Hall–Kier alpha value is -1.30. The van der Waals surface area contributed by atoms with E-state index in [0.29, 0.717) is 12.8 Å². The molecule has 0 saturated heterocycles. The summed E-state index contributed by atoms with van der Waals surface area (Å²) >= 11 is 0. The average Bonchev–Trinajstić information content (AvgIpc) is 2.89. The van der Waals surface area contributed by atoms with Crippen LogP contribution in [0.2, 0.25) is 0 Å². The summed E-state index contributed by atoms with van der Waals surface area (Å²) in [5.74, 6) is 1.65. The Morgan fingerprint density at radius 1 is 1.30 bits per heavy atom. The van der Waals surface area contributed by atoms with E-state index in [-0.39, 0.29) is 12.2 Å². The van der Waals surface area contributed by atoms with Gasteiger partial charge in [-0.05, 0) is 31.0 Å². The van der Waals surface area contributed by atoms with Crippen molar-refractivity contribution in [1.82, 2.24) is 5.32 Å². The molecule has 0 spiro atoms. The average molecular weight is 279 g/mol. The highest BCUT2D eigenvalue weighted by Gasteiger charge is 2.41. The summed E-state index contributed by atoms with van der Waals surface area (Å²) in [4.78, 5) is 0. The Morgan fingerprint density at radius 2 is 2.15 bits per heavy atom. The monoisotopic (exact) mass is 279 g/mol. The Labute approximate surface area is 119 Å². The third kappa shape index (κ3) is 2.61. The zero-order chi connectivity index (χ0) is 13.9. The Balaban J connectivity index is 1.52. The van der Waals surface area contributed by atoms with Crippen LogP contribution in [0.4, 0.5) is 0 Å². The number of hydrogen-bond donors (Lipinski definition) is 1. The Morgan fingerprint density at radius 3 is 2.95 bits per heavy atom. The van der Waals surface area contributed by atoms with E-state index in [9.17, 15) is 0 Å². The number of benzene rings is 1. The van der Waals surface area contributed by atoms with Crippen molar-refractivity contribution >= 4 is 0 Å². The zero-order valence-corrected chi connectivity index (χ0v) is 11.9. The fourth-order valence-corrected chi connectivity index (χ4v) is 2.77. The number of ether oxygens (including phenoxy) is 4. The zero-order valence-electron chi connectivity index (χ0n) is 11.9. The molecule has 2 aliphatic rings. The number of fused-ring (bicyclic) bond motifs is 1. The number of nitrogens with one attached hydrogen (secondary N) is 1. The van der Waals surface area contributed by atoms with Gasteiger partial charge >= 0.3 is 0 Å². The van der Waals surface area contributed by atoms with Gasteiger partial charge in [-0.1, -0.05) is 6.07 Å². The quantitative estimate of drug-likeness (QED) is 0.859. The normalized spacial score (nSPS) is 27.4. The number of methoxy groups -OCH3 is 1. The minimum Gasteiger partial charge on any atom is -0.454 e. The van der Waals surface area contributed by atoms with Crippen molar-refractivity contribution in [1.29, 1.82) is 0 Å². The van der Waals surface area contributed by atoms with Crippen LogP contribution in [-0.4, -0.2) is 38.8 Å². The molecule has 0 radical (unpaired) electrons. The van der Waals surface area contributed by atoms with Gasteiger partial charge in [0.2, 0.25) is 6.79 Å². The highest BCUT2D eigenvalue weighted by Crippen LogP contribution is 2.33. The molecule has 3 rings (SSSR count). The molecule has 1 saturated carbocycles. The molecule has 0 amide bonds. The summed E-state index contributed by atoms with van der Waals surface area (Å²) in [6.07, 6.45) is 1.36. The molecular formula is C15H21NO4. The van der Waals surface area contributed by atoms with Gasteiger partial charge in [-0.15, -0.1) is 0 Å². The lowest BCUT2D eigenvalue weighted by atomic mass is 9.85. The molecule has 5 nitrogen and oxygen atoms in total. The summed E-state index contributed by atoms with van der Waals surface area (Å²) < 4.78 is 21.8. The van der Waals surface area contributed by atoms with Crippen LogP contribution in [0.1, 0.15) is 18.9 Å². The van der Waals surface area contributed by atoms with E-state index in [1.165, 1.54) is 5.56 Å². The highest BCUT2D eigenvalue weighted by atomic mass is 16.7. The first kappa shape index (κ1) is 13.7. The first-order chi connectivity index (χ1) is 9.81. The van der Waals surface area contributed by atoms with Crippen LogP contribution < -0.4 is 14.8 Å². The summed E-state index contributed by atoms with van der Waals surface area (Å²) in [7, 11) is 1.74. The maximum absolute atomic E-state index is 5.62. The molecule has 1 heterocycles. The maximum atomic E-state index is 5.62. The van der Waals surface area contributed by atoms with E-state index >= 15 is 0 Å². The maximum Gasteiger partial charge on any atom is 0.231 e. The second-order valence-corrected chi connectivity index (χ2v) is 5.10. The Bertz CT molecular complexity index is 465. The fraction of sp³-hybridized carbons (Fsp3) is 0.600. The van der Waals surface area contributed by atoms with Gasteiger partial charge in [0.15, 0.2) is 11.5 Å². The van der Waals surface area contributed by atoms with Crippen molar-refractivity contribution in [3.8, 4) is 11.5 Å². The molecule has 110 valence electrons. The van der Waals surface area contributed by atoms with Crippen LogP contribution in [0.15, 0.2) is 18.2 Å². The summed E-state index contributed by atoms with van der Waals surface area (Å²) in [6, 6.07) is 6.38. The SMILES string of the molecule is CCOC1CC(NCc2ccc3c(c2)OCO3)C1OC. The van der Waals surface area contributed by atoms with Crippen molar-refractivity contribution in [3.63, 3.8) is 0 Å². The summed E-state index contributed by atoms with van der Waals surface area (Å²) in [6.45, 7) is 3.86. The van der Waals surface area contributed by atoms with Gasteiger partial charge in [0.25, 0.3) is 0 Å². The van der Waals surface area contributed by atoms with Gasteiger partial charge in [0.1, 0.15) is 0 Å². The van der Waals surface area contributed by atoms with Crippen LogP contribution in [0, 0.1) is 0 Å². The van der Waals surface area contributed by atoms with Gasteiger partial charge in [0, 0.05) is 26.3 Å². The topological polar surface area (TPSA) is 49.0 Å². The first-order valence-corrected chi connectivity index (χ1v) is 7.08. The molecule has 3 unspecified atom stereocenters. The van der Waals surface area contributed by atoms with Gasteiger partial charge in [-0.25, -0.2) is 0 Å². The molecule has 1 aromatic carbocycles. The first-order valence-electron chi connectivity index (χ1n) is 7.08. The van der Waals surface area contributed by atoms with E-state index in [1.807, 2.05) is 19.1 Å². The van der Waals surface area contributed by atoms with E-state index in [0.717, 1.165) is 31.1 Å². The van der Waals surface area contributed by atoms with E-state index in [1.54, 1.807) is 7.11 Å². The van der Waals surface area contributed by atoms with Crippen LogP contribution >= 0.6 is 0 Å². The lowest BCUT2D eigenvalue weighted by Crippen LogP contribution is -2.59. The molecule has 1 N–H and O–H groups in total. The van der Waals surface area contributed by atoms with Crippen molar-refractivity contribution in [3.05, 3.63) is 23.8 Å². The van der Waals surface area contributed by atoms with Gasteiger partial charge in [-0.2, -0.15) is 0 Å². The number of rotatable bonds is 6. The largest absolute Gasteiger partial charge is 0.454 e. The van der Waals surface area contributed by atoms with Gasteiger partial charge in [-0.3, -0.25) is 0 Å². The van der Waals surface area contributed by atoms with Crippen molar-refractivity contribution in [2.45, 2.75) is 38.1 Å². The molecule has 3 atom stereocenters. The lowest BCUT2D eigenvalue weighted by molar-refractivity contribution is -0.131. The molecule has 1 aliphatic heterocycles. The molecule has 20 heavy (non-hydrogen) atoms. The molecule has 0 bridgehead atoms. The highest BCUT2D eigenvalue weighted by molar-refractivity contribution is 5.44. The molecule has 5 heteroatoms. The van der Waals surface area contributed by atoms with Crippen LogP contribution in [0.3, 0.4) is 0 Å². The van der Waals surface area contributed by atoms with Crippen LogP contribution in [0.5, 0.6) is 11.5 Å². The van der Waals surface area contributed by atoms with E-state index < -0.39 is 0 Å². The fourth-order valence-electron chi connectivity index (χ4n) is 2.77. The second kappa shape index (κ2) is 5.99. The number of hydrogen-bond acceptors (Lipinski definition) is 5. The van der Waals surface area contributed by atoms with Crippen LogP contribution in [-0.2, 0) is 16.0 Å². The van der Waals surface area contributed by atoms with Crippen molar-refractivity contribution < 1.29 is 18.9 Å². The van der Waals surface area contributed by atoms with Crippen LogP contribution in [0.25, 0.3) is 0 Å². The van der Waals surface area contributed by atoms with E-state index in [4.69, 9.17) is 18.9 Å². The molecule has 1 fully saturated rings. The molecular weight excluding hydrogens is 258 g/mol. The van der Waals surface area contributed by atoms with E-state index in [2.05, 4.69) is 11.4 Å². The predicted molar refractivity (Wildman–Crippen MR) is 74.0 cm³/mol. The van der Waals surface area contributed by atoms with Gasteiger partial charge in [0.05, 0.1) is 12.2 Å². The van der Waals surface area contributed by atoms with Gasteiger partial charge < -0.3 is 24.3 Å². The summed E-state index contributed by atoms with van der Waals surface area (Å²) in [5.41, 5.74) is 1.18. The minimum atomic E-state index is 0.143.